The predicted molar refractivity (Wildman–Crippen MR) is 222 cm³/mol. The van der Waals surface area contributed by atoms with Crippen LogP contribution in [-0.4, -0.2) is 9.97 Å². The van der Waals surface area contributed by atoms with Crippen LogP contribution in [0.3, 0.4) is 0 Å². The molecule has 0 N–H and O–H groups in total. The topological polar surface area (TPSA) is 25.8 Å². The van der Waals surface area contributed by atoms with E-state index in [0.717, 1.165) is 44.6 Å². The predicted octanol–water partition coefficient (Wildman–Crippen LogP) is 13.4. The summed E-state index contributed by atoms with van der Waals surface area (Å²) in [5.74, 6) is 0.712. The van der Waals surface area contributed by atoms with E-state index in [0.29, 0.717) is 5.82 Å². The van der Waals surface area contributed by atoms with Gasteiger partial charge in [-0.1, -0.05) is 178 Å². The van der Waals surface area contributed by atoms with Crippen molar-refractivity contribution >= 4 is 21.5 Å². The normalized spacial score (nSPS) is 12.9. The van der Waals surface area contributed by atoms with Crippen LogP contribution in [0.4, 0.5) is 0 Å². The van der Waals surface area contributed by atoms with Crippen molar-refractivity contribution in [2.75, 3.05) is 0 Å². The number of fused-ring (bicyclic) bond motifs is 6. The highest BCUT2D eigenvalue weighted by atomic mass is 14.9. The third-order valence-electron chi connectivity index (χ3n) is 11.1. The number of hydrogen-bond acceptors (Lipinski definition) is 2. The van der Waals surface area contributed by atoms with Crippen molar-refractivity contribution in [3.63, 3.8) is 0 Å². The zero-order valence-corrected chi connectivity index (χ0v) is 29.7. The number of nitrogens with zero attached hydrogens (tertiary/aromatic N) is 2. The molecule has 0 fully saturated rings. The molecule has 1 aromatic heterocycles. The zero-order chi connectivity index (χ0) is 35.5. The molecule has 0 unspecified atom stereocenters. The highest BCUT2D eigenvalue weighted by Gasteiger charge is 2.36. The fraction of sp³-hybridized carbons (Fsp3) is 0.0588. The first-order valence-electron chi connectivity index (χ1n) is 18.3. The van der Waals surface area contributed by atoms with Gasteiger partial charge in [0.2, 0.25) is 0 Å². The number of benzene rings is 8. The molecule has 250 valence electrons. The summed E-state index contributed by atoms with van der Waals surface area (Å²) in [7, 11) is 0. The molecule has 2 nitrogen and oxygen atoms in total. The minimum atomic E-state index is -0.112. The van der Waals surface area contributed by atoms with Gasteiger partial charge in [-0.2, -0.15) is 0 Å². The van der Waals surface area contributed by atoms with E-state index in [9.17, 15) is 0 Å². The molecule has 1 heterocycles. The van der Waals surface area contributed by atoms with Crippen LogP contribution < -0.4 is 0 Å². The maximum atomic E-state index is 5.34. The highest BCUT2D eigenvalue weighted by molar-refractivity contribution is 6.06. The molecule has 0 spiro atoms. The van der Waals surface area contributed by atoms with Crippen LogP contribution in [0.1, 0.15) is 25.0 Å². The van der Waals surface area contributed by atoms with Gasteiger partial charge in [0.05, 0.1) is 11.4 Å². The molecule has 2 heteroatoms. The lowest BCUT2D eigenvalue weighted by molar-refractivity contribution is 0.661. The SMILES string of the molecule is CC1(C)c2cc(-c3ccc(-c4nc(-c5ccccc5)cc(-c5ccccc5-c5ccccc5)n4)c4ccccc34)ccc2-c2c1ccc1ccccc21. The number of rotatable bonds is 5. The van der Waals surface area contributed by atoms with Crippen LogP contribution in [0.5, 0.6) is 0 Å². The lowest BCUT2D eigenvalue weighted by Crippen LogP contribution is -2.15. The minimum absolute atomic E-state index is 0.112. The van der Waals surface area contributed by atoms with Crippen molar-refractivity contribution in [1.29, 1.82) is 0 Å². The Morgan fingerprint density at radius 3 is 1.72 bits per heavy atom. The van der Waals surface area contributed by atoms with Crippen molar-refractivity contribution in [1.82, 2.24) is 9.97 Å². The summed E-state index contributed by atoms with van der Waals surface area (Å²) in [5, 5.41) is 4.92. The van der Waals surface area contributed by atoms with Crippen LogP contribution in [0, 0.1) is 0 Å². The summed E-state index contributed by atoms with van der Waals surface area (Å²) in [6.45, 7) is 4.73. The van der Waals surface area contributed by atoms with Crippen molar-refractivity contribution < 1.29 is 0 Å². The minimum Gasteiger partial charge on any atom is -0.228 e. The maximum absolute atomic E-state index is 5.34. The molecule has 0 atom stereocenters. The summed E-state index contributed by atoms with van der Waals surface area (Å²) in [6.07, 6.45) is 0. The molecule has 0 bridgehead atoms. The average molecular weight is 677 g/mol. The molecule has 0 amide bonds. The molecule has 8 aromatic carbocycles. The molecule has 10 rings (SSSR count). The Labute approximate surface area is 310 Å². The van der Waals surface area contributed by atoms with E-state index in [1.807, 2.05) is 6.07 Å². The molecule has 53 heavy (non-hydrogen) atoms. The van der Waals surface area contributed by atoms with Gasteiger partial charge < -0.3 is 0 Å². The summed E-state index contributed by atoms with van der Waals surface area (Å²) >= 11 is 0. The zero-order valence-electron chi connectivity index (χ0n) is 29.7. The Hall–Kier alpha value is -6.64. The monoisotopic (exact) mass is 676 g/mol. The summed E-state index contributed by atoms with van der Waals surface area (Å²) in [5.41, 5.74) is 15.0. The van der Waals surface area contributed by atoms with E-state index >= 15 is 0 Å². The molecular formula is C51H36N2. The van der Waals surface area contributed by atoms with Crippen LogP contribution >= 0.6 is 0 Å². The molecule has 1 aliphatic carbocycles. The molecule has 0 aliphatic heterocycles. The second-order valence-electron chi connectivity index (χ2n) is 14.5. The largest absolute Gasteiger partial charge is 0.228 e. The van der Waals surface area contributed by atoms with Crippen molar-refractivity contribution in [2.45, 2.75) is 19.3 Å². The molecule has 0 saturated heterocycles. The van der Waals surface area contributed by atoms with Crippen LogP contribution in [0.2, 0.25) is 0 Å². The smallest absolute Gasteiger partial charge is 0.161 e. The van der Waals surface area contributed by atoms with Crippen molar-refractivity contribution in [3.8, 4) is 67.3 Å². The fourth-order valence-electron chi connectivity index (χ4n) is 8.46. The number of hydrogen-bond donors (Lipinski definition) is 0. The number of aromatic nitrogens is 2. The molecular weight excluding hydrogens is 641 g/mol. The lowest BCUT2D eigenvalue weighted by atomic mass is 9.81. The second kappa shape index (κ2) is 12.3. The molecule has 0 saturated carbocycles. The van der Waals surface area contributed by atoms with Crippen LogP contribution in [0.25, 0.3) is 88.8 Å². The third kappa shape index (κ3) is 5.10. The van der Waals surface area contributed by atoms with E-state index in [1.165, 1.54) is 49.5 Å². The van der Waals surface area contributed by atoms with Crippen LogP contribution in [-0.2, 0) is 5.41 Å². The Morgan fingerprint density at radius 1 is 0.358 bits per heavy atom. The summed E-state index contributed by atoms with van der Waals surface area (Å²) < 4.78 is 0. The molecule has 1 aliphatic rings. The van der Waals surface area contributed by atoms with E-state index in [-0.39, 0.29) is 5.41 Å². The van der Waals surface area contributed by atoms with Crippen LogP contribution in [0.15, 0.2) is 182 Å². The van der Waals surface area contributed by atoms with Crippen molar-refractivity contribution in [2.24, 2.45) is 0 Å². The Morgan fingerprint density at radius 2 is 0.943 bits per heavy atom. The summed E-state index contributed by atoms with van der Waals surface area (Å²) in [4.78, 5) is 10.6. The van der Waals surface area contributed by atoms with E-state index in [2.05, 4.69) is 190 Å². The standard InChI is InChI=1S/C51H36N2/c1-51(2)45-30-26-34-17-9-10-21-39(34)49(45)44-27-25-36(31-46(44)51)38-28-29-43(41-23-13-12-22-40(38)41)50-52-47(35-18-7-4-8-19-35)32-48(53-50)42-24-14-11-20-37(42)33-15-5-3-6-16-33/h3-32H,1-2H3. The highest BCUT2D eigenvalue weighted by Crippen LogP contribution is 2.52. The van der Waals surface area contributed by atoms with E-state index in [4.69, 9.17) is 9.97 Å². The first-order chi connectivity index (χ1) is 26.0. The van der Waals surface area contributed by atoms with Crippen molar-refractivity contribution in [3.05, 3.63) is 193 Å². The van der Waals surface area contributed by atoms with Gasteiger partial charge in [-0.3, -0.25) is 0 Å². The first kappa shape index (κ1) is 31.1. The molecule has 0 radical (unpaired) electrons. The second-order valence-corrected chi connectivity index (χ2v) is 14.5. The molecule has 9 aromatic rings. The van der Waals surface area contributed by atoms with E-state index < -0.39 is 0 Å². The Bertz CT molecular complexity index is 2850. The van der Waals surface area contributed by atoms with Gasteiger partial charge in [0, 0.05) is 22.1 Å². The van der Waals surface area contributed by atoms with Gasteiger partial charge in [-0.05, 0) is 84.3 Å². The Balaban J connectivity index is 1.14. The van der Waals surface area contributed by atoms with Gasteiger partial charge in [-0.25, -0.2) is 9.97 Å². The van der Waals surface area contributed by atoms with Gasteiger partial charge in [0.1, 0.15) is 0 Å². The first-order valence-corrected chi connectivity index (χ1v) is 18.3. The Kier molecular flexibility index (Phi) is 7.19. The van der Waals surface area contributed by atoms with Gasteiger partial charge in [-0.15, -0.1) is 0 Å². The van der Waals surface area contributed by atoms with Gasteiger partial charge >= 0.3 is 0 Å². The maximum Gasteiger partial charge on any atom is 0.161 e. The van der Waals surface area contributed by atoms with E-state index in [1.54, 1.807) is 0 Å². The van der Waals surface area contributed by atoms with Gasteiger partial charge in [0.15, 0.2) is 5.82 Å². The third-order valence-corrected chi connectivity index (χ3v) is 11.1. The fourth-order valence-corrected chi connectivity index (χ4v) is 8.46. The quantitative estimate of drug-likeness (QED) is 0.181. The lowest BCUT2D eigenvalue weighted by Gasteiger charge is -2.22. The summed E-state index contributed by atoms with van der Waals surface area (Å²) in [6, 6.07) is 65.3. The average Bonchev–Trinajstić information content (AvgIpc) is 3.46. The van der Waals surface area contributed by atoms with Gasteiger partial charge in [0.25, 0.3) is 0 Å².